The molecule has 0 radical (unpaired) electrons. The standard InChI is InChI=1S/C11H14F3N3O/c12-11(13,14)9-2-1-3-10(16-9)17-4-5-18-8(6-15)7-17/h1-3,8H,4-7,15H2. The largest absolute Gasteiger partial charge is 0.433 e. The van der Waals surface area contributed by atoms with Crippen molar-refractivity contribution in [2.75, 3.05) is 31.1 Å². The molecule has 1 unspecified atom stereocenters. The van der Waals surface area contributed by atoms with Gasteiger partial charge in [0, 0.05) is 19.6 Å². The molecule has 0 bridgehead atoms. The molecule has 7 heteroatoms. The summed E-state index contributed by atoms with van der Waals surface area (Å²) in [5.74, 6) is 0.312. The van der Waals surface area contributed by atoms with Crippen molar-refractivity contribution in [2.45, 2.75) is 12.3 Å². The van der Waals surface area contributed by atoms with E-state index >= 15 is 0 Å². The highest BCUT2D eigenvalue weighted by Crippen LogP contribution is 2.29. The highest BCUT2D eigenvalue weighted by Gasteiger charge is 2.33. The molecule has 0 amide bonds. The number of hydrogen-bond acceptors (Lipinski definition) is 4. The SMILES string of the molecule is NCC1CN(c2cccc(C(F)(F)F)n2)CCO1. The van der Waals surface area contributed by atoms with Gasteiger partial charge in [-0.25, -0.2) is 4.98 Å². The van der Waals surface area contributed by atoms with Crippen LogP contribution in [-0.2, 0) is 10.9 Å². The molecule has 1 fully saturated rings. The van der Waals surface area contributed by atoms with E-state index in [0.717, 1.165) is 6.07 Å². The summed E-state index contributed by atoms with van der Waals surface area (Å²) in [5, 5.41) is 0. The average Bonchev–Trinajstić information content (AvgIpc) is 2.38. The molecule has 1 aliphatic heterocycles. The zero-order valence-corrected chi connectivity index (χ0v) is 9.65. The molecule has 1 saturated heterocycles. The monoisotopic (exact) mass is 261 g/mol. The summed E-state index contributed by atoms with van der Waals surface area (Å²) in [4.78, 5) is 5.40. The lowest BCUT2D eigenvalue weighted by Gasteiger charge is -2.33. The van der Waals surface area contributed by atoms with Gasteiger partial charge in [-0.15, -0.1) is 0 Å². The second-order valence-electron chi connectivity index (χ2n) is 4.05. The first-order chi connectivity index (χ1) is 8.50. The summed E-state index contributed by atoms with van der Waals surface area (Å²) in [7, 11) is 0. The Labute approximate surface area is 103 Å². The van der Waals surface area contributed by atoms with Crippen LogP contribution in [0.4, 0.5) is 19.0 Å². The molecule has 0 spiro atoms. The highest BCUT2D eigenvalue weighted by molar-refractivity contribution is 5.40. The second-order valence-corrected chi connectivity index (χ2v) is 4.05. The number of pyridine rings is 1. The minimum atomic E-state index is -4.42. The summed E-state index contributed by atoms with van der Waals surface area (Å²) in [6, 6.07) is 3.89. The zero-order valence-electron chi connectivity index (χ0n) is 9.65. The normalized spacial score (nSPS) is 21.1. The summed E-state index contributed by atoms with van der Waals surface area (Å²) in [6.07, 6.45) is -4.58. The van der Waals surface area contributed by atoms with Crippen molar-refractivity contribution < 1.29 is 17.9 Å². The fourth-order valence-electron chi connectivity index (χ4n) is 1.83. The van der Waals surface area contributed by atoms with E-state index in [1.54, 1.807) is 11.0 Å². The number of nitrogens with zero attached hydrogens (tertiary/aromatic N) is 2. The molecule has 0 aromatic carbocycles. The third-order valence-corrected chi connectivity index (χ3v) is 2.75. The molecule has 1 aliphatic rings. The van der Waals surface area contributed by atoms with Crippen LogP contribution >= 0.6 is 0 Å². The predicted octanol–water partition coefficient (Wildman–Crippen LogP) is 1.26. The van der Waals surface area contributed by atoms with E-state index in [1.807, 2.05) is 0 Å². The Balaban J connectivity index is 2.18. The third kappa shape index (κ3) is 2.91. The van der Waals surface area contributed by atoms with Gasteiger partial charge >= 0.3 is 6.18 Å². The van der Waals surface area contributed by atoms with Gasteiger partial charge in [0.2, 0.25) is 0 Å². The van der Waals surface area contributed by atoms with E-state index < -0.39 is 11.9 Å². The molecule has 2 heterocycles. The number of anilines is 1. The van der Waals surface area contributed by atoms with Crippen LogP contribution < -0.4 is 10.6 Å². The van der Waals surface area contributed by atoms with Crippen molar-refractivity contribution in [1.82, 2.24) is 4.98 Å². The van der Waals surface area contributed by atoms with Crippen molar-refractivity contribution in [1.29, 1.82) is 0 Å². The molecular weight excluding hydrogens is 247 g/mol. The van der Waals surface area contributed by atoms with Crippen LogP contribution in [0.15, 0.2) is 18.2 Å². The maximum atomic E-state index is 12.6. The van der Waals surface area contributed by atoms with Crippen molar-refractivity contribution in [3.05, 3.63) is 23.9 Å². The number of aromatic nitrogens is 1. The number of hydrogen-bond donors (Lipinski definition) is 1. The van der Waals surface area contributed by atoms with E-state index in [0.29, 0.717) is 32.1 Å². The van der Waals surface area contributed by atoms with Crippen LogP contribution in [0.2, 0.25) is 0 Å². The zero-order chi connectivity index (χ0) is 13.2. The van der Waals surface area contributed by atoms with Gasteiger partial charge in [0.15, 0.2) is 0 Å². The van der Waals surface area contributed by atoms with Gasteiger partial charge in [-0.1, -0.05) is 6.07 Å². The summed E-state index contributed by atoms with van der Waals surface area (Å²) < 4.78 is 43.0. The van der Waals surface area contributed by atoms with Crippen molar-refractivity contribution in [3.8, 4) is 0 Å². The molecule has 1 aromatic rings. The molecule has 1 atom stereocenters. The Kier molecular flexibility index (Phi) is 3.72. The van der Waals surface area contributed by atoms with E-state index in [9.17, 15) is 13.2 Å². The van der Waals surface area contributed by atoms with Crippen LogP contribution in [0, 0.1) is 0 Å². The minimum Gasteiger partial charge on any atom is -0.373 e. The average molecular weight is 261 g/mol. The Bertz CT molecular complexity index is 411. The first-order valence-corrected chi connectivity index (χ1v) is 5.61. The van der Waals surface area contributed by atoms with E-state index in [4.69, 9.17) is 10.5 Å². The van der Waals surface area contributed by atoms with Crippen LogP contribution in [0.25, 0.3) is 0 Å². The lowest BCUT2D eigenvalue weighted by Crippen LogP contribution is -2.46. The molecule has 4 nitrogen and oxygen atoms in total. The number of nitrogens with two attached hydrogens (primary N) is 1. The highest BCUT2D eigenvalue weighted by atomic mass is 19.4. The van der Waals surface area contributed by atoms with Crippen LogP contribution in [-0.4, -0.2) is 37.3 Å². The van der Waals surface area contributed by atoms with Gasteiger partial charge in [-0.3, -0.25) is 0 Å². The van der Waals surface area contributed by atoms with Crippen molar-refractivity contribution in [2.24, 2.45) is 5.73 Å². The van der Waals surface area contributed by atoms with E-state index in [2.05, 4.69) is 4.98 Å². The van der Waals surface area contributed by atoms with Gasteiger partial charge < -0.3 is 15.4 Å². The number of halogens is 3. The fourth-order valence-corrected chi connectivity index (χ4v) is 1.83. The third-order valence-electron chi connectivity index (χ3n) is 2.75. The topological polar surface area (TPSA) is 51.4 Å². The minimum absolute atomic E-state index is 0.157. The maximum absolute atomic E-state index is 12.6. The van der Waals surface area contributed by atoms with Gasteiger partial charge in [0.05, 0.1) is 12.7 Å². The van der Waals surface area contributed by atoms with Gasteiger partial charge in [0.25, 0.3) is 0 Å². The van der Waals surface area contributed by atoms with Crippen LogP contribution in [0.5, 0.6) is 0 Å². The Morgan fingerprint density at radius 1 is 1.44 bits per heavy atom. The maximum Gasteiger partial charge on any atom is 0.433 e. The summed E-state index contributed by atoms with van der Waals surface area (Å²) in [5.41, 5.74) is 4.61. The molecule has 100 valence electrons. The number of morpholine rings is 1. The molecule has 2 rings (SSSR count). The Morgan fingerprint density at radius 2 is 2.22 bits per heavy atom. The molecule has 18 heavy (non-hydrogen) atoms. The quantitative estimate of drug-likeness (QED) is 0.871. The summed E-state index contributed by atoms with van der Waals surface area (Å²) in [6.45, 7) is 1.77. The first-order valence-electron chi connectivity index (χ1n) is 5.61. The van der Waals surface area contributed by atoms with E-state index in [-0.39, 0.29) is 6.10 Å². The molecule has 0 saturated carbocycles. The fraction of sp³-hybridized carbons (Fsp3) is 0.545. The number of alkyl halides is 3. The first kappa shape index (κ1) is 13.1. The van der Waals surface area contributed by atoms with Gasteiger partial charge in [-0.2, -0.15) is 13.2 Å². The smallest absolute Gasteiger partial charge is 0.373 e. The molecule has 2 N–H and O–H groups in total. The molecular formula is C11H14F3N3O. The lowest BCUT2D eigenvalue weighted by molar-refractivity contribution is -0.141. The van der Waals surface area contributed by atoms with Crippen LogP contribution in [0.3, 0.4) is 0 Å². The van der Waals surface area contributed by atoms with Crippen LogP contribution in [0.1, 0.15) is 5.69 Å². The Morgan fingerprint density at radius 3 is 2.89 bits per heavy atom. The van der Waals surface area contributed by atoms with Crippen molar-refractivity contribution in [3.63, 3.8) is 0 Å². The Hall–Kier alpha value is -1.34. The predicted molar refractivity (Wildman–Crippen MR) is 60.2 cm³/mol. The lowest BCUT2D eigenvalue weighted by atomic mass is 10.2. The molecule has 1 aromatic heterocycles. The van der Waals surface area contributed by atoms with E-state index in [1.165, 1.54) is 6.07 Å². The number of rotatable bonds is 2. The summed E-state index contributed by atoms with van der Waals surface area (Å²) >= 11 is 0. The van der Waals surface area contributed by atoms with Gasteiger partial charge in [0.1, 0.15) is 11.5 Å². The number of ether oxygens (including phenoxy) is 1. The van der Waals surface area contributed by atoms with Crippen molar-refractivity contribution >= 4 is 5.82 Å². The second kappa shape index (κ2) is 5.11. The molecule has 0 aliphatic carbocycles. The van der Waals surface area contributed by atoms with Gasteiger partial charge in [-0.05, 0) is 12.1 Å².